The standard InChI is InChI=1S/C17H20FNO4/c1-10(2)8-22-9-11(3)19-16(20)14-7-12-6-13(18)4-5-15(12)23-17(14)21/h4-7,10-11H,8-9H2,1-3H3,(H,19,20)/t11-/m1/s1. The summed E-state index contributed by atoms with van der Waals surface area (Å²) in [5, 5.41) is 3.03. The normalized spacial score (nSPS) is 12.6. The quantitative estimate of drug-likeness (QED) is 0.831. The third kappa shape index (κ3) is 4.63. The van der Waals surface area contributed by atoms with E-state index in [1.807, 2.05) is 13.8 Å². The lowest BCUT2D eigenvalue weighted by molar-refractivity contribution is 0.0789. The highest BCUT2D eigenvalue weighted by atomic mass is 19.1. The van der Waals surface area contributed by atoms with Gasteiger partial charge in [0.05, 0.1) is 6.61 Å². The number of amides is 1. The lowest BCUT2D eigenvalue weighted by Crippen LogP contribution is -2.38. The Morgan fingerprint density at radius 1 is 1.26 bits per heavy atom. The number of rotatable bonds is 6. The summed E-state index contributed by atoms with van der Waals surface area (Å²) in [4.78, 5) is 24.1. The Labute approximate surface area is 133 Å². The molecule has 0 saturated heterocycles. The van der Waals surface area contributed by atoms with Gasteiger partial charge in [0.15, 0.2) is 0 Å². The van der Waals surface area contributed by atoms with E-state index in [1.54, 1.807) is 6.92 Å². The maximum Gasteiger partial charge on any atom is 0.349 e. The lowest BCUT2D eigenvalue weighted by atomic mass is 10.1. The van der Waals surface area contributed by atoms with Crippen LogP contribution < -0.4 is 10.9 Å². The monoisotopic (exact) mass is 321 g/mol. The first kappa shape index (κ1) is 17.1. The Hall–Kier alpha value is -2.21. The molecule has 2 rings (SSSR count). The first-order chi connectivity index (χ1) is 10.9. The number of carbonyl (C=O) groups is 1. The average molecular weight is 321 g/mol. The van der Waals surface area contributed by atoms with Gasteiger partial charge in [-0.25, -0.2) is 9.18 Å². The van der Waals surface area contributed by atoms with E-state index in [4.69, 9.17) is 9.15 Å². The Bertz CT molecular complexity index is 754. The number of halogens is 1. The van der Waals surface area contributed by atoms with Crippen molar-refractivity contribution < 1.29 is 18.3 Å². The minimum atomic E-state index is -0.753. The van der Waals surface area contributed by atoms with Crippen LogP contribution in [0.1, 0.15) is 31.1 Å². The third-order valence-electron chi connectivity index (χ3n) is 3.14. The van der Waals surface area contributed by atoms with Crippen LogP contribution in [0.4, 0.5) is 4.39 Å². The summed E-state index contributed by atoms with van der Waals surface area (Å²) in [6, 6.07) is 4.84. The average Bonchev–Trinajstić information content (AvgIpc) is 2.46. The van der Waals surface area contributed by atoms with Gasteiger partial charge in [-0.3, -0.25) is 4.79 Å². The van der Waals surface area contributed by atoms with Crippen molar-refractivity contribution in [3.8, 4) is 0 Å². The van der Waals surface area contributed by atoms with E-state index in [9.17, 15) is 14.0 Å². The predicted octanol–water partition coefficient (Wildman–Crippen LogP) is 2.72. The minimum absolute atomic E-state index is 0.154. The molecule has 0 fully saturated rings. The van der Waals surface area contributed by atoms with E-state index in [2.05, 4.69) is 5.32 Å². The van der Waals surface area contributed by atoms with E-state index < -0.39 is 17.3 Å². The summed E-state index contributed by atoms with van der Waals surface area (Å²) in [5.41, 5.74) is -0.669. The van der Waals surface area contributed by atoms with Crippen molar-refractivity contribution in [2.24, 2.45) is 5.92 Å². The molecule has 0 bridgehead atoms. The summed E-state index contributed by atoms with van der Waals surface area (Å²) in [5.74, 6) is -0.626. The van der Waals surface area contributed by atoms with Gasteiger partial charge in [-0.1, -0.05) is 13.8 Å². The fourth-order valence-corrected chi connectivity index (χ4v) is 2.08. The molecule has 1 N–H and O–H groups in total. The van der Waals surface area contributed by atoms with Gasteiger partial charge < -0.3 is 14.5 Å². The molecule has 1 heterocycles. The molecule has 1 aromatic carbocycles. The molecule has 0 saturated carbocycles. The molecule has 1 amide bonds. The van der Waals surface area contributed by atoms with E-state index in [0.717, 1.165) is 0 Å². The van der Waals surface area contributed by atoms with E-state index in [-0.39, 0.29) is 17.2 Å². The van der Waals surface area contributed by atoms with Gasteiger partial charge in [-0.2, -0.15) is 0 Å². The van der Waals surface area contributed by atoms with Crippen LogP contribution in [-0.4, -0.2) is 25.2 Å². The Morgan fingerprint density at radius 3 is 2.70 bits per heavy atom. The largest absolute Gasteiger partial charge is 0.422 e. The molecule has 6 heteroatoms. The predicted molar refractivity (Wildman–Crippen MR) is 85.0 cm³/mol. The zero-order valence-electron chi connectivity index (χ0n) is 13.4. The van der Waals surface area contributed by atoms with Crippen molar-refractivity contribution in [1.82, 2.24) is 5.32 Å². The number of carbonyl (C=O) groups excluding carboxylic acids is 1. The molecular weight excluding hydrogens is 301 g/mol. The number of hydrogen-bond donors (Lipinski definition) is 1. The molecular formula is C17H20FNO4. The molecule has 0 spiro atoms. The number of ether oxygens (including phenoxy) is 1. The number of hydrogen-bond acceptors (Lipinski definition) is 4. The first-order valence-corrected chi connectivity index (χ1v) is 7.49. The first-order valence-electron chi connectivity index (χ1n) is 7.49. The van der Waals surface area contributed by atoms with E-state index in [0.29, 0.717) is 24.5 Å². The van der Waals surface area contributed by atoms with Crippen molar-refractivity contribution in [3.63, 3.8) is 0 Å². The van der Waals surface area contributed by atoms with Gasteiger partial charge in [0.2, 0.25) is 0 Å². The highest BCUT2D eigenvalue weighted by Gasteiger charge is 2.16. The molecule has 2 aromatic rings. The smallest absolute Gasteiger partial charge is 0.349 e. The molecule has 0 aliphatic heterocycles. The molecule has 0 aliphatic carbocycles. The van der Waals surface area contributed by atoms with Gasteiger partial charge in [0.25, 0.3) is 5.91 Å². The van der Waals surface area contributed by atoms with Gasteiger partial charge >= 0.3 is 5.63 Å². The topological polar surface area (TPSA) is 68.5 Å². The summed E-state index contributed by atoms with van der Waals surface area (Å²) >= 11 is 0. The second-order valence-electron chi connectivity index (χ2n) is 5.94. The summed E-state index contributed by atoms with van der Waals surface area (Å²) in [7, 11) is 0. The van der Waals surface area contributed by atoms with Crippen molar-refractivity contribution in [3.05, 3.63) is 46.1 Å². The van der Waals surface area contributed by atoms with Crippen molar-refractivity contribution in [1.29, 1.82) is 0 Å². The van der Waals surface area contributed by atoms with Crippen LogP contribution in [0.5, 0.6) is 0 Å². The molecule has 1 atom stereocenters. The maximum absolute atomic E-state index is 13.2. The van der Waals surface area contributed by atoms with Gasteiger partial charge in [0.1, 0.15) is 17.0 Å². The van der Waals surface area contributed by atoms with E-state index in [1.165, 1.54) is 24.3 Å². The van der Waals surface area contributed by atoms with Gasteiger partial charge in [0, 0.05) is 18.0 Å². The molecule has 1 aromatic heterocycles. The minimum Gasteiger partial charge on any atom is -0.422 e. The molecule has 23 heavy (non-hydrogen) atoms. The zero-order chi connectivity index (χ0) is 17.0. The lowest BCUT2D eigenvalue weighted by Gasteiger charge is -2.15. The summed E-state index contributed by atoms with van der Waals surface area (Å²) in [6.45, 7) is 6.78. The Morgan fingerprint density at radius 2 is 2.00 bits per heavy atom. The molecule has 124 valence electrons. The second-order valence-corrected chi connectivity index (χ2v) is 5.94. The molecule has 0 aliphatic rings. The molecule has 0 unspecified atom stereocenters. The van der Waals surface area contributed by atoms with Crippen LogP contribution in [0.3, 0.4) is 0 Å². The van der Waals surface area contributed by atoms with Crippen molar-refractivity contribution >= 4 is 16.9 Å². The summed E-state index contributed by atoms with van der Waals surface area (Å²) in [6.07, 6.45) is 0. The highest BCUT2D eigenvalue weighted by molar-refractivity contribution is 5.96. The van der Waals surface area contributed by atoms with Crippen molar-refractivity contribution in [2.45, 2.75) is 26.8 Å². The van der Waals surface area contributed by atoms with Crippen LogP contribution in [-0.2, 0) is 4.74 Å². The molecule has 5 nitrogen and oxygen atoms in total. The Kier molecular flexibility index (Phi) is 5.50. The van der Waals surface area contributed by atoms with Crippen LogP contribution >= 0.6 is 0 Å². The van der Waals surface area contributed by atoms with Gasteiger partial charge in [-0.05, 0) is 37.1 Å². The Balaban J connectivity index is 2.11. The SMILES string of the molecule is CC(C)COC[C@@H](C)NC(=O)c1cc2cc(F)ccc2oc1=O. The fourth-order valence-electron chi connectivity index (χ4n) is 2.08. The van der Waals surface area contributed by atoms with E-state index >= 15 is 0 Å². The number of nitrogens with one attached hydrogen (secondary N) is 1. The number of benzene rings is 1. The highest BCUT2D eigenvalue weighted by Crippen LogP contribution is 2.15. The maximum atomic E-state index is 13.2. The van der Waals surface area contributed by atoms with Crippen LogP contribution in [0, 0.1) is 11.7 Å². The molecule has 0 radical (unpaired) electrons. The third-order valence-corrected chi connectivity index (χ3v) is 3.14. The number of fused-ring (bicyclic) bond motifs is 1. The fraction of sp³-hybridized carbons (Fsp3) is 0.412. The van der Waals surface area contributed by atoms with Crippen LogP contribution in [0.25, 0.3) is 11.0 Å². The summed E-state index contributed by atoms with van der Waals surface area (Å²) < 4.78 is 23.7. The second kappa shape index (κ2) is 7.37. The van der Waals surface area contributed by atoms with Crippen LogP contribution in [0.15, 0.2) is 33.5 Å². The zero-order valence-corrected chi connectivity index (χ0v) is 13.4. The van der Waals surface area contributed by atoms with Crippen LogP contribution in [0.2, 0.25) is 0 Å². The van der Waals surface area contributed by atoms with Crippen molar-refractivity contribution in [2.75, 3.05) is 13.2 Å². The van der Waals surface area contributed by atoms with Gasteiger partial charge in [-0.15, -0.1) is 0 Å².